The van der Waals surface area contributed by atoms with E-state index in [2.05, 4.69) is 73.4 Å². The lowest BCUT2D eigenvalue weighted by molar-refractivity contribution is -0.157. The van der Waals surface area contributed by atoms with Gasteiger partial charge < -0.3 is 77.6 Å². The largest absolute Gasteiger partial charge is 0.508 e. The van der Waals surface area contributed by atoms with Crippen LogP contribution in [-0.2, 0) is 71.5 Å². The van der Waals surface area contributed by atoms with E-state index in [9.17, 15) is 33.6 Å². The number of aromatic hydroxyl groups is 2. The number of aliphatic carboxylic acids is 1. The molecule has 732 valence electrons. The Morgan fingerprint density at radius 2 is 0.629 bits per heavy atom. The SMILES string of the molecule is CC(C)COC(C)OCC(=O)/C=C/c1ccc(O)cc1.CC(C)COC(C)OCC(=O)/C=C/c1ccc(OCCCBr)cc1.CC(C)COC(C)OCC(=O)/C=C/c1ccc(OCCCC[C@H](C(=O)OC2CCCC2)C2CCCCC2)cc1.O=C(/C=C/c1ccc(OCCCC[C@H](C(=O)OC2CCCC2)C2CCCCC2)cc1)CO.O=C(O)/C=C/c1ccc(O)cc1.OCCCBr. The van der Waals surface area contributed by atoms with E-state index in [-0.39, 0.29) is 103 Å². The highest BCUT2D eigenvalue weighted by atomic mass is 79.9. The molecule has 9 rings (SSSR count). The first-order chi connectivity index (χ1) is 63.6. The van der Waals surface area contributed by atoms with Crippen molar-refractivity contribution in [2.24, 2.45) is 41.4 Å². The van der Waals surface area contributed by atoms with Gasteiger partial charge in [0.1, 0.15) is 67.4 Å². The Bertz CT molecular complexity index is 4060. The van der Waals surface area contributed by atoms with Crippen LogP contribution in [0.4, 0.5) is 0 Å². The van der Waals surface area contributed by atoms with E-state index in [0.717, 1.165) is 165 Å². The standard InChI is InChI=1S/C33H50O6.C27H38O5.C19H27BrO4.C16H22O4.C9H8O3.C3H7BrO/c1-25(2)23-37-26(3)38-24-29(34)19-16-27-17-20-30(21-18-27)36-22-10-9-15-32(28-11-5-4-6-12-28)33(35)39-31-13-7-8-14-31;28-20-23(29)16-13-21-14-17-24(18-15-21)31-19-7-6-12-26(22-8-2-1-3-9-22)27(30)32-25-10-4-5-11-25;1-15(2)13-23-16(3)24-14-18(21)8-5-17-6-9-19(10-7-17)22-12-4-11-20;1-12(2)10-19-13(3)20-11-16(18)9-6-14-4-7-15(17)8-5-14;10-8-4-1-7(2-5-8)3-6-9(11)12;4-2-1-3-5/h16-21,25-26,28,31-32H,4-15,22-24H2,1-3H3;13-18,22,25-26,28H,1-12,19-20H2;5-10,15-16H,4,11-14H2,1-3H3;4-9,12-13,17H,10-11H2,1-3H3;1-6,10H,(H,11,12);5H,1-3H2/b19-16+;16-13+;8-5+;9-6+;6-3+;/t26?,32-;26-;;;;/m00..../s1. The Balaban J connectivity index is 0.000000355. The molecule has 5 aromatic carbocycles. The summed E-state index contributed by atoms with van der Waals surface area (Å²) in [4.78, 5) is 82.7. The van der Waals surface area contributed by atoms with Crippen LogP contribution < -0.4 is 14.2 Å². The molecule has 5 atom stereocenters. The average Bonchev–Trinajstić information content (AvgIpc) is 1.13. The monoisotopic (exact) mass is 1960 g/mol. The summed E-state index contributed by atoms with van der Waals surface area (Å²) in [7, 11) is 0. The second-order valence-corrected chi connectivity index (χ2v) is 36.4. The van der Waals surface area contributed by atoms with Gasteiger partial charge in [0, 0.05) is 23.3 Å². The highest BCUT2D eigenvalue weighted by molar-refractivity contribution is 9.09. The number of halogens is 2. The molecule has 0 aliphatic heterocycles. The first-order valence-electron chi connectivity index (χ1n) is 47.6. The second kappa shape index (κ2) is 72.0. The molecule has 3 unspecified atom stereocenters. The molecule has 132 heavy (non-hydrogen) atoms. The van der Waals surface area contributed by atoms with Crippen molar-refractivity contribution in [3.63, 3.8) is 0 Å². The number of carboxylic acid groups (broad SMARTS) is 1. The summed E-state index contributed by atoms with van der Waals surface area (Å²) < 4.78 is 61.7. The van der Waals surface area contributed by atoms with Gasteiger partial charge in [0.25, 0.3) is 0 Å². The van der Waals surface area contributed by atoms with E-state index in [1.54, 1.807) is 81.5 Å². The topological polar surface area (TPSA) is 322 Å². The Morgan fingerprint density at radius 1 is 0.348 bits per heavy atom. The van der Waals surface area contributed by atoms with Gasteiger partial charge in [-0.3, -0.25) is 28.8 Å². The molecule has 5 N–H and O–H groups in total. The minimum absolute atomic E-state index is 0.00311. The van der Waals surface area contributed by atoms with Gasteiger partial charge in [-0.25, -0.2) is 4.79 Å². The fraction of sp³-hybridized carbons (Fsp3) is 0.561. The number of ether oxygens (including phenoxy) is 11. The van der Waals surface area contributed by atoms with Crippen LogP contribution in [0.5, 0.6) is 28.7 Å². The van der Waals surface area contributed by atoms with Gasteiger partial charge in [-0.2, -0.15) is 0 Å². The Morgan fingerprint density at radius 3 is 0.902 bits per heavy atom. The van der Waals surface area contributed by atoms with E-state index in [1.165, 1.54) is 107 Å². The van der Waals surface area contributed by atoms with E-state index in [1.807, 2.05) is 72.8 Å². The summed E-state index contributed by atoms with van der Waals surface area (Å²) in [5.41, 5.74) is 4.35. The maximum Gasteiger partial charge on any atom is 0.328 e. The van der Waals surface area contributed by atoms with Crippen LogP contribution in [0.3, 0.4) is 0 Å². The molecule has 0 aromatic heterocycles. The van der Waals surface area contributed by atoms with Crippen LogP contribution in [0.1, 0.15) is 257 Å². The molecule has 4 saturated carbocycles. The summed E-state index contributed by atoms with van der Waals surface area (Å²) >= 11 is 6.52. The summed E-state index contributed by atoms with van der Waals surface area (Å²) in [6, 6.07) is 35.8. The summed E-state index contributed by atoms with van der Waals surface area (Å²) in [6.45, 7) is 21.4. The van der Waals surface area contributed by atoms with Gasteiger partial charge in [0.2, 0.25) is 0 Å². The van der Waals surface area contributed by atoms with Crippen molar-refractivity contribution in [1.82, 2.24) is 0 Å². The number of alkyl halides is 2. The first-order valence-corrected chi connectivity index (χ1v) is 49.8. The molecule has 23 nitrogen and oxygen atoms in total. The van der Waals surface area contributed by atoms with Crippen LogP contribution in [-0.4, -0.2) is 181 Å². The molecule has 4 aliphatic rings. The number of aliphatic hydroxyl groups is 2. The van der Waals surface area contributed by atoms with Crippen molar-refractivity contribution in [3.8, 4) is 28.7 Å². The number of hydrogen-bond acceptors (Lipinski definition) is 22. The summed E-state index contributed by atoms with van der Waals surface area (Å²) in [5.74, 6) is 3.64. The lowest BCUT2D eigenvalue weighted by Crippen LogP contribution is -2.30. The quantitative estimate of drug-likeness (QED) is 0.00794. The van der Waals surface area contributed by atoms with Gasteiger partial charge >= 0.3 is 17.9 Å². The number of aliphatic hydroxyl groups excluding tert-OH is 2. The average molecular weight is 1970 g/mol. The third kappa shape index (κ3) is 57.3. The number of rotatable bonds is 53. The van der Waals surface area contributed by atoms with Crippen molar-refractivity contribution in [3.05, 3.63) is 180 Å². The molecular formula is C107H152Br2O23. The predicted molar refractivity (Wildman–Crippen MR) is 529 cm³/mol. The Labute approximate surface area is 802 Å². The van der Waals surface area contributed by atoms with Crippen molar-refractivity contribution < 1.29 is 111 Å². The van der Waals surface area contributed by atoms with Crippen LogP contribution >= 0.6 is 31.9 Å². The van der Waals surface area contributed by atoms with Crippen LogP contribution in [0.25, 0.3) is 30.4 Å². The van der Waals surface area contributed by atoms with Crippen LogP contribution in [0.15, 0.2) is 152 Å². The number of phenols is 2. The summed E-state index contributed by atoms with van der Waals surface area (Å²) in [5, 5.41) is 45.0. The van der Waals surface area contributed by atoms with Crippen molar-refractivity contribution in [1.29, 1.82) is 0 Å². The van der Waals surface area contributed by atoms with E-state index in [0.29, 0.717) is 75.8 Å². The van der Waals surface area contributed by atoms with Gasteiger partial charge in [-0.15, -0.1) is 0 Å². The zero-order valence-electron chi connectivity index (χ0n) is 79.7. The lowest BCUT2D eigenvalue weighted by atomic mass is 9.78. The predicted octanol–water partition coefficient (Wildman–Crippen LogP) is 22.8. The van der Waals surface area contributed by atoms with Crippen LogP contribution in [0.2, 0.25) is 0 Å². The smallest absolute Gasteiger partial charge is 0.328 e. The highest BCUT2D eigenvalue weighted by Crippen LogP contribution is 2.37. The number of esters is 2. The molecule has 0 bridgehead atoms. The number of carbonyl (C=O) groups excluding carboxylic acids is 6. The normalized spacial score (nSPS) is 15.5. The van der Waals surface area contributed by atoms with E-state index < -0.39 is 18.9 Å². The first kappa shape index (κ1) is 116. The molecule has 0 spiro atoms. The van der Waals surface area contributed by atoms with Crippen LogP contribution in [0, 0.1) is 41.4 Å². The maximum absolute atomic E-state index is 13.0. The van der Waals surface area contributed by atoms with E-state index in [4.69, 9.17) is 77.6 Å². The molecule has 25 heteroatoms. The molecule has 5 aromatic rings. The zero-order chi connectivity index (χ0) is 96.3. The van der Waals surface area contributed by atoms with Crippen molar-refractivity contribution in [2.45, 2.75) is 260 Å². The number of carbonyl (C=O) groups is 7. The maximum atomic E-state index is 13.0. The molecule has 0 radical (unpaired) electrons. The highest BCUT2D eigenvalue weighted by Gasteiger charge is 2.34. The number of hydrogen-bond donors (Lipinski definition) is 5. The van der Waals surface area contributed by atoms with Crippen molar-refractivity contribution in [2.75, 3.05) is 83.3 Å². The molecular weight excluding hydrogens is 1810 g/mol. The summed E-state index contributed by atoms with van der Waals surface area (Å²) in [6.07, 6.45) is 42.8. The van der Waals surface area contributed by atoms with Crippen molar-refractivity contribution >= 4 is 103 Å². The minimum atomic E-state index is -0.983. The fourth-order valence-corrected chi connectivity index (χ4v) is 14.8. The Hall–Kier alpha value is -8.47. The molecule has 0 saturated heterocycles. The van der Waals surface area contributed by atoms with Gasteiger partial charge in [0.15, 0.2) is 42.0 Å². The van der Waals surface area contributed by atoms with Gasteiger partial charge in [0.05, 0.1) is 51.5 Å². The molecule has 0 amide bonds. The van der Waals surface area contributed by atoms with Gasteiger partial charge in [-0.1, -0.05) is 197 Å². The van der Waals surface area contributed by atoms with Gasteiger partial charge in [-0.05, 0) is 298 Å². The minimum Gasteiger partial charge on any atom is -0.508 e. The Kier molecular flexibility index (Phi) is 63.2. The zero-order valence-corrected chi connectivity index (χ0v) is 82.8. The number of unbranched alkanes of at least 4 members (excludes halogenated alkanes) is 2. The molecule has 4 fully saturated rings. The number of carboxylic acids is 1. The molecule has 0 heterocycles. The fourth-order valence-electron chi connectivity index (χ4n) is 14.3. The lowest BCUT2D eigenvalue weighted by Gasteiger charge is -2.29. The number of phenolic OH excluding ortho intramolecular Hbond substituents is 2. The van der Waals surface area contributed by atoms with E-state index >= 15 is 0 Å². The third-order valence-corrected chi connectivity index (χ3v) is 22.8. The number of benzene rings is 5. The third-order valence-electron chi connectivity index (χ3n) is 21.6. The number of ketones is 4. The molecule has 4 aliphatic carbocycles. The second-order valence-electron chi connectivity index (χ2n) is 34.8.